The highest BCUT2D eigenvalue weighted by molar-refractivity contribution is 6.10. The van der Waals surface area contributed by atoms with Gasteiger partial charge in [-0.2, -0.15) is 0 Å². The molecule has 0 radical (unpaired) electrons. The molecular formula is C27H30N2O3. The van der Waals surface area contributed by atoms with E-state index in [2.05, 4.69) is 24.5 Å². The van der Waals surface area contributed by atoms with Gasteiger partial charge < -0.3 is 15.4 Å². The Hall–Kier alpha value is -3.60. The minimum absolute atomic E-state index is 0.290. The Morgan fingerprint density at radius 3 is 2.16 bits per heavy atom. The van der Waals surface area contributed by atoms with Gasteiger partial charge in [0.1, 0.15) is 5.75 Å². The molecule has 166 valence electrons. The number of rotatable bonds is 7. The number of amides is 2. The third-order valence-electron chi connectivity index (χ3n) is 5.42. The third-order valence-corrected chi connectivity index (χ3v) is 5.42. The Morgan fingerprint density at radius 2 is 1.50 bits per heavy atom. The molecular weight excluding hydrogens is 400 g/mol. The van der Waals surface area contributed by atoms with Crippen LogP contribution in [0.4, 0.5) is 11.4 Å². The Kier molecular flexibility index (Phi) is 7.31. The Labute approximate surface area is 189 Å². The number of benzene rings is 3. The van der Waals surface area contributed by atoms with Gasteiger partial charge >= 0.3 is 0 Å². The zero-order valence-corrected chi connectivity index (χ0v) is 19.2. The van der Waals surface area contributed by atoms with Crippen LogP contribution in [-0.2, 0) is 4.79 Å². The second kappa shape index (κ2) is 10.1. The Bertz CT molecular complexity index is 1100. The van der Waals surface area contributed by atoms with Crippen LogP contribution in [0.1, 0.15) is 53.7 Å². The minimum atomic E-state index is -0.726. The highest BCUT2D eigenvalue weighted by atomic mass is 16.5. The van der Waals surface area contributed by atoms with Gasteiger partial charge in [0.05, 0.1) is 11.3 Å². The van der Waals surface area contributed by atoms with E-state index in [0.717, 1.165) is 11.1 Å². The van der Waals surface area contributed by atoms with Crippen LogP contribution in [0.3, 0.4) is 0 Å². The van der Waals surface area contributed by atoms with Gasteiger partial charge in [-0.05, 0) is 79.8 Å². The Morgan fingerprint density at radius 1 is 0.812 bits per heavy atom. The predicted octanol–water partition coefficient (Wildman–Crippen LogP) is 6.09. The van der Waals surface area contributed by atoms with Crippen molar-refractivity contribution in [1.82, 2.24) is 0 Å². The van der Waals surface area contributed by atoms with Crippen molar-refractivity contribution < 1.29 is 14.3 Å². The third kappa shape index (κ3) is 5.76. The van der Waals surface area contributed by atoms with Crippen LogP contribution < -0.4 is 15.4 Å². The molecule has 0 aliphatic carbocycles. The average Bonchev–Trinajstić information content (AvgIpc) is 2.77. The number of ether oxygens (including phenoxy) is 1. The fraction of sp³-hybridized carbons (Fsp3) is 0.259. The van der Waals surface area contributed by atoms with E-state index in [4.69, 9.17) is 4.74 Å². The van der Waals surface area contributed by atoms with Gasteiger partial charge in [0.25, 0.3) is 11.8 Å². The molecule has 0 spiro atoms. The molecule has 0 saturated carbocycles. The first-order chi connectivity index (χ1) is 15.2. The van der Waals surface area contributed by atoms with Gasteiger partial charge in [0.15, 0.2) is 6.10 Å². The molecule has 2 N–H and O–H groups in total. The second-order valence-electron chi connectivity index (χ2n) is 8.27. The molecule has 0 saturated heterocycles. The van der Waals surface area contributed by atoms with E-state index in [0.29, 0.717) is 28.6 Å². The summed E-state index contributed by atoms with van der Waals surface area (Å²) in [6, 6.07) is 20.4. The summed E-state index contributed by atoms with van der Waals surface area (Å²) in [5.41, 5.74) is 4.98. The molecule has 5 nitrogen and oxygen atoms in total. The van der Waals surface area contributed by atoms with Crippen molar-refractivity contribution in [3.63, 3.8) is 0 Å². The quantitative estimate of drug-likeness (QED) is 0.477. The summed E-state index contributed by atoms with van der Waals surface area (Å²) < 4.78 is 5.79. The van der Waals surface area contributed by atoms with E-state index in [9.17, 15) is 9.59 Å². The van der Waals surface area contributed by atoms with Crippen molar-refractivity contribution in [2.45, 2.75) is 46.6 Å². The van der Waals surface area contributed by atoms with Gasteiger partial charge in [-0.15, -0.1) is 0 Å². The molecule has 32 heavy (non-hydrogen) atoms. The van der Waals surface area contributed by atoms with E-state index in [1.165, 1.54) is 5.56 Å². The number of hydrogen-bond donors (Lipinski definition) is 2. The molecule has 0 heterocycles. The van der Waals surface area contributed by atoms with Crippen molar-refractivity contribution in [2.24, 2.45) is 0 Å². The average molecular weight is 431 g/mol. The van der Waals surface area contributed by atoms with Crippen molar-refractivity contribution in [2.75, 3.05) is 10.6 Å². The number of carbonyl (C=O) groups is 2. The molecule has 0 aliphatic rings. The first-order valence-electron chi connectivity index (χ1n) is 10.8. The molecule has 2 amide bonds. The first kappa shape index (κ1) is 23.1. The fourth-order valence-corrected chi connectivity index (χ4v) is 3.23. The maximum Gasteiger partial charge on any atom is 0.265 e. The largest absolute Gasteiger partial charge is 0.481 e. The minimum Gasteiger partial charge on any atom is -0.481 e. The van der Waals surface area contributed by atoms with E-state index in [1.54, 1.807) is 31.2 Å². The van der Waals surface area contributed by atoms with Crippen LogP contribution in [0, 0.1) is 13.8 Å². The molecule has 1 unspecified atom stereocenters. The van der Waals surface area contributed by atoms with Gasteiger partial charge in [0, 0.05) is 5.69 Å². The highest BCUT2D eigenvalue weighted by Crippen LogP contribution is 2.22. The summed E-state index contributed by atoms with van der Waals surface area (Å²) in [4.78, 5) is 25.6. The SMILES string of the molecule is Cc1ccc(NC(=O)c2ccccc2NC(=O)C(C)Oc2ccc(C(C)C)cc2)cc1C. The Balaban J connectivity index is 1.68. The van der Waals surface area contributed by atoms with Gasteiger partial charge in [-0.1, -0.05) is 44.2 Å². The van der Waals surface area contributed by atoms with Crippen LogP contribution in [0.15, 0.2) is 66.7 Å². The van der Waals surface area contributed by atoms with E-state index in [1.807, 2.05) is 56.3 Å². The topological polar surface area (TPSA) is 67.4 Å². The maximum absolute atomic E-state index is 12.9. The van der Waals surface area contributed by atoms with Gasteiger partial charge in [0.2, 0.25) is 0 Å². The summed E-state index contributed by atoms with van der Waals surface area (Å²) in [7, 11) is 0. The second-order valence-corrected chi connectivity index (χ2v) is 8.27. The van der Waals surface area contributed by atoms with Crippen molar-refractivity contribution in [3.05, 3.63) is 89.0 Å². The zero-order valence-electron chi connectivity index (χ0n) is 19.2. The lowest BCUT2D eigenvalue weighted by atomic mass is 10.0. The number of carbonyl (C=O) groups excluding carboxylic acids is 2. The molecule has 5 heteroatoms. The van der Waals surface area contributed by atoms with Crippen molar-refractivity contribution in [1.29, 1.82) is 0 Å². The molecule has 3 rings (SSSR count). The monoisotopic (exact) mass is 430 g/mol. The molecule has 0 fully saturated rings. The molecule has 1 atom stereocenters. The fourth-order valence-electron chi connectivity index (χ4n) is 3.23. The summed E-state index contributed by atoms with van der Waals surface area (Å²) in [5.74, 6) is 0.431. The predicted molar refractivity (Wildman–Crippen MR) is 130 cm³/mol. The molecule has 3 aromatic rings. The highest BCUT2D eigenvalue weighted by Gasteiger charge is 2.19. The lowest BCUT2D eigenvalue weighted by Gasteiger charge is -2.17. The number of nitrogens with one attached hydrogen (secondary N) is 2. The van der Waals surface area contributed by atoms with Crippen LogP contribution in [0.2, 0.25) is 0 Å². The number of aryl methyl sites for hydroxylation is 2. The van der Waals surface area contributed by atoms with Crippen molar-refractivity contribution in [3.8, 4) is 5.75 Å². The first-order valence-corrected chi connectivity index (χ1v) is 10.8. The van der Waals surface area contributed by atoms with Gasteiger partial charge in [-0.3, -0.25) is 9.59 Å². The summed E-state index contributed by atoms with van der Waals surface area (Å²) in [6.07, 6.45) is -0.726. The normalized spacial score (nSPS) is 11.7. The van der Waals surface area contributed by atoms with Crippen molar-refractivity contribution >= 4 is 23.2 Å². The number of anilines is 2. The maximum atomic E-state index is 12.9. The lowest BCUT2D eigenvalue weighted by molar-refractivity contribution is -0.122. The smallest absolute Gasteiger partial charge is 0.265 e. The van der Waals surface area contributed by atoms with E-state index < -0.39 is 6.10 Å². The summed E-state index contributed by atoms with van der Waals surface area (Å²) in [6.45, 7) is 9.95. The number of para-hydroxylation sites is 1. The summed E-state index contributed by atoms with van der Waals surface area (Å²) in [5, 5.41) is 5.72. The lowest BCUT2D eigenvalue weighted by Crippen LogP contribution is -2.31. The molecule has 0 aliphatic heterocycles. The molecule has 3 aromatic carbocycles. The van der Waals surface area contributed by atoms with Crippen LogP contribution in [0.25, 0.3) is 0 Å². The molecule has 0 bridgehead atoms. The van der Waals surface area contributed by atoms with Crippen LogP contribution >= 0.6 is 0 Å². The van der Waals surface area contributed by atoms with Gasteiger partial charge in [-0.25, -0.2) is 0 Å². The standard InChI is InChI=1S/C27H30N2O3/c1-17(2)21-11-14-23(15-12-21)32-20(5)26(30)29-25-9-7-6-8-24(25)27(31)28-22-13-10-18(3)19(4)16-22/h6-17,20H,1-5H3,(H,28,31)(H,29,30). The van der Waals surface area contributed by atoms with Crippen LogP contribution in [0.5, 0.6) is 5.75 Å². The summed E-state index contributed by atoms with van der Waals surface area (Å²) >= 11 is 0. The van der Waals surface area contributed by atoms with E-state index >= 15 is 0 Å². The zero-order chi connectivity index (χ0) is 23.3. The van der Waals surface area contributed by atoms with Crippen LogP contribution in [-0.4, -0.2) is 17.9 Å². The number of hydrogen-bond acceptors (Lipinski definition) is 3. The molecule has 0 aromatic heterocycles. The van der Waals surface area contributed by atoms with E-state index in [-0.39, 0.29) is 11.8 Å².